The molecule has 0 aliphatic heterocycles. The number of rotatable bonds is 5. The van der Waals surface area contributed by atoms with Crippen LogP contribution in [-0.4, -0.2) is 0 Å². The lowest BCUT2D eigenvalue weighted by Gasteiger charge is -2.15. The Labute approximate surface area is 120 Å². The molecule has 2 aromatic rings. The highest BCUT2D eigenvalue weighted by atomic mass is 19.1. The maximum absolute atomic E-state index is 12.9. The van der Waals surface area contributed by atoms with E-state index in [4.69, 9.17) is 5.73 Å². The van der Waals surface area contributed by atoms with Gasteiger partial charge in [0.25, 0.3) is 0 Å². The first-order valence-corrected chi connectivity index (χ1v) is 7.25. The van der Waals surface area contributed by atoms with Gasteiger partial charge in [-0.3, -0.25) is 0 Å². The van der Waals surface area contributed by atoms with E-state index in [1.54, 1.807) is 12.1 Å². The summed E-state index contributed by atoms with van der Waals surface area (Å²) in [7, 11) is 0. The van der Waals surface area contributed by atoms with Crippen molar-refractivity contribution in [2.45, 2.75) is 39.2 Å². The minimum absolute atomic E-state index is 0.0448. The van der Waals surface area contributed by atoms with Crippen molar-refractivity contribution in [2.75, 3.05) is 0 Å². The van der Waals surface area contributed by atoms with E-state index in [-0.39, 0.29) is 11.9 Å². The van der Waals surface area contributed by atoms with E-state index in [1.807, 2.05) is 0 Å². The first-order valence-electron chi connectivity index (χ1n) is 7.25. The second kappa shape index (κ2) is 6.67. The normalized spacial score (nSPS) is 12.4. The Morgan fingerprint density at radius 3 is 2.20 bits per heavy atom. The number of halogens is 1. The summed E-state index contributed by atoms with van der Waals surface area (Å²) < 4.78 is 12.9. The Balaban J connectivity index is 2.16. The van der Waals surface area contributed by atoms with E-state index < -0.39 is 0 Å². The van der Waals surface area contributed by atoms with E-state index in [0.29, 0.717) is 0 Å². The van der Waals surface area contributed by atoms with Gasteiger partial charge in [0.2, 0.25) is 0 Å². The van der Waals surface area contributed by atoms with Crippen LogP contribution in [0.2, 0.25) is 0 Å². The van der Waals surface area contributed by atoms with Crippen molar-refractivity contribution >= 4 is 0 Å². The van der Waals surface area contributed by atoms with Crippen LogP contribution in [0.3, 0.4) is 0 Å². The summed E-state index contributed by atoms with van der Waals surface area (Å²) in [6.45, 7) is 4.34. The Morgan fingerprint density at radius 1 is 0.950 bits per heavy atom. The number of aryl methyl sites for hydroxylation is 2. The molecule has 2 rings (SSSR count). The summed E-state index contributed by atoms with van der Waals surface area (Å²) >= 11 is 0. The average Bonchev–Trinajstić information content (AvgIpc) is 2.48. The maximum atomic E-state index is 12.9. The van der Waals surface area contributed by atoms with Gasteiger partial charge in [0.05, 0.1) is 0 Å². The number of benzene rings is 2. The molecule has 2 aromatic carbocycles. The van der Waals surface area contributed by atoms with Crippen LogP contribution >= 0.6 is 0 Å². The van der Waals surface area contributed by atoms with Gasteiger partial charge in [-0.15, -0.1) is 0 Å². The quantitative estimate of drug-likeness (QED) is 0.867. The van der Waals surface area contributed by atoms with Crippen molar-refractivity contribution < 1.29 is 4.39 Å². The second-order valence-corrected chi connectivity index (χ2v) is 5.17. The molecule has 0 bridgehead atoms. The topological polar surface area (TPSA) is 26.0 Å². The summed E-state index contributed by atoms with van der Waals surface area (Å²) in [5.74, 6) is -0.206. The van der Waals surface area contributed by atoms with Crippen molar-refractivity contribution in [1.29, 1.82) is 0 Å². The zero-order chi connectivity index (χ0) is 14.5. The van der Waals surface area contributed by atoms with Gasteiger partial charge < -0.3 is 5.73 Å². The number of hydrogen-bond acceptors (Lipinski definition) is 1. The fourth-order valence-electron chi connectivity index (χ4n) is 2.54. The average molecular weight is 271 g/mol. The summed E-state index contributed by atoms with van der Waals surface area (Å²) in [5.41, 5.74) is 11.3. The smallest absolute Gasteiger partial charge is 0.123 e. The van der Waals surface area contributed by atoms with Crippen LogP contribution in [0.1, 0.15) is 42.1 Å². The third-order valence-corrected chi connectivity index (χ3v) is 3.79. The van der Waals surface area contributed by atoms with Gasteiger partial charge in [0.15, 0.2) is 0 Å². The summed E-state index contributed by atoms with van der Waals surface area (Å²) in [6, 6.07) is 13.0. The van der Waals surface area contributed by atoms with Crippen molar-refractivity contribution in [2.24, 2.45) is 5.73 Å². The molecule has 2 N–H and O–H groups in total. The zero-order valence-electron chi connectivity index (χ0n) is 12.2. The van der Waals surface area contributed by atoms with Crippen LogP contribution in [0.5, 0.6) is 0 Å². The van der Waals surface area contributed by atoms with Gasteiger partial charge >= 0.3 is 0 Å². The first kappa shape index (κ1) is 14.7. The Hall–Kier alpha value is -1.67. The SMILES string of the molecule is CCc1ccc(C(N)Cc2ccc(F)cc2)cc1CC. The van der Waals surface area contributed by atoms with Crippen LogP contribution in [0.4, 0.5) is 4.39 Å². The highest BCUT2D eigenvalue weighted by Crippen LogP contribution is 2.21. The lowest BCUT2D eigenvalue weighted by atomic mass is 9.94. The van der Waals surface area contributed by atoms with E-state index >= 15 is 0 Å². The largest absolute Gasteiger partial charge is 0.324 e. The molecule has 1 unspecified atom stereocenters. The summed E-state index contributed by atoms with van der Waals surface area (Å²) in [4.78, 5) is 0. The Kier molecular flexibility index (Phi) is 4.91. The predicted molar refractivity (Wildman–Crippen MR) is 82.2 cm³/mol. The molecule has 0 heterocycles. The molecule has 1 nitrogen and oxygen atoms in total. The lowest BCUT2D eigenvalue weighted by molar-refractivity contribution is 0.625. The minimum Gasteiger partial charge on any atom is -0.324 e. The Bertz CT molecular complexity index is 560. The van der Waals surface area contributed by atoms with Crippen molar-refractivity contribution in [3.05, 3.63) is 70.5 Å². The van der Waals surface area contributed by atoms with Gasteiger partial charge in [0, 0.05) is 6.04 Å². The molecule has 0 aliphatic carbocycles. The molecular formula is C18H22FN. The van der Waals surface area contributed by atoms with Gasteiger partial charge in [-0.05, 0) is 53.6 Å². The third kappa shape index (κ3) is 3.45. The van der Waals surface area contributed by atoms with Crippen LogP contribution < -0.4 is 5.73 Å². The van der Waals surface area contributed by atoms with E-state index in [0.717, 1.165) is 30.4 Å². The van der Waals surface area contributed by atoms with Crippen LogP contribution in [0.25, 0.3) is 0 Å². The van der Waals surface area contributed by atoms with Crippen LogP contribution in [0, 0.1) is 5.82 Å². The molecular weight excluding hydrogens is 249 g/mol. The highest BCUT2D eigenvalue weighted by Gasteiger charge is 2.09. The van der Waals surface area contributed by atoms with E-state index in [1.165, 1.54) is 23.3 Å². The molecule has 0 radical (unpaired) electrons. The monoisotopic (exact) mass is 271 g/mol. The van der Waals surface area contributed by atoms with Gasteiger partial charge in [-0.25, -0.2) is 4.39 Å². The number of nitrogens with two attached hydrogens (primary N) is 1. The summed E-state index contributed by atoms with van der Waals surface area (Å²) in [6.07, 6.45) is 2.81. The lowest BCUT2D eigenvalue weighted by Crippen LogP contribution is -2.14. The zero-order valence-corrected chi connectivity index (χ0v) is 12.2. The van der Waals surface area contributed by atoms with Crippen molar-refractivity contribution in [1.82, 2.24) is 0 Å². The standard InChI is InChI=1S/C18H22FN/c1-3-14-7-8-16(12-15(14)4-2)18(20)11-13-5-9-17(19)10-6-13/h5-10,12,18H,3-4,11,20H2,1-2H3. The van der Waals surface area contributed by atoms with Crippen LogP contribution in [-0.2, 0) is 19.3 Å². The molecule has 106 valence electrons. The molecule has 2 heteroatoms. The van der Waals surface area contributed by atoms with Crippen molar-refractivity contribution in [3.8, 4) is 0 Å². The van der Waals surface area contributed by atoms with Gasteiger partial charge in [0.1, 0.15) is 5.82 Å². The predicted octanol–water partition coefficient (Wildman–Crippen LogP) is 4.19. The second-order valence-electron chi connectivity index (χ2n) is 5.17. The molecule has 0 saturated carbocycles. The third-order valence-electron chi connectivity index (χ3n) is 3.79. The first-order chi connectivity index (χ1) is 9.63. The van der Waals surface area contributed by atoms with Gasteiger partial charge in [-0.1, -0.05) is 44.2 Å². The van der Waals surface area contributed by atoms with E-state index in [9.17, 15) is 4.39 Å². The molecule has 0 fully saturated rings. The number of hydrogen-bond donors (Lipinski definition) is 1. The molecule has 0 aliphatic rings. The van der Waals surface area contributed by atoms with Gasteiger partial charge in [-0.2, -0.15) is 0 Å². The van der Waals surface area contributed by atoms with Crippen molar-refractivity contribution in [3.63, 3.8) is 0 Å². The molecule has 20 heavy (non-hydrogen) atoms. The molecule has 1 atom stereocenters. The molecule has 0 spiro atoms. The Morgan fingerprint density at radius 2 is 1.60 bits per heavy atom. The molecule has 0 amide bonds. The molecule has 0 aromatic heterocycles. The fraction of sp³-hybridized carbons (Fsp3) is 0.333. The summed E-state index contributed by atoms with van der Waals surface area (Å²) in [5, 5.41) is 0. The molecule has 0 saturated heterocycles. The van der Waals surface area contributed by atoms with Crippen LogP contribution in [0.15, 0.2) is 42.5 Å². The highest BCUT2D eigenvalue weighted by molar-refractivity contribution is 5.34. The van der Waals surface area contributed by atoms with E-state index in [2.05, 4.69) is 32.0 Å². The maximum Gasteiger partial charge on any atom is 0.123 e. The fourth-order valence-corrected chi connectivity index (χ4v) is 2.54. The minimum atomic E-state index is -0.206.